The van der Waals surface area contributed by atoms with Crippen LogP contribution in [0.3, 0.4) is 0 Å². The fraction of sp³-hybridized carbons (Fsp3) is 0.700. The van der Waals surface area contributed by atoms with E-state index >= 15 is 0 Å². The summed E-state index contributed by atoms with van der Waals surface area (Å²) in [6.07, 6.45) is 5.78. The normalized spacial score (nSPS) is 13.8. The largest absolute Gasteiger partial charge is 0.496 e. The number of methoxy groups -OCH3 is 1. The second kappa shape index (κ2) is 10.6. The molecule has 0 heterocycles. The van der Waals surface area contributed by atoms with E-state index in [0.717, 1.165) is 55.3 Å². The third kappa shape index (κ3) is 7.10. The van der Waals surface area contributed by atoms with Gasteiger partial charge in [-0.1, -0.05) is 33.3 Å². The van der Waals surface area contributed by atoms with Gasteiger partial charge in [0.2, 0.25) is 0 Å². The lowest BCUT2D eigenvalue weighted by atomic mass is 9.90. The summed E-state index contributed by atoms with van der Waals surface area (Å²) in [6, 6.07) is 5.97. The van der Waals surface area contributed by atoms with E-state index in [4.69, 9.17) is 15.2 Å². The number of nitrogens with two attached hydrogens (primary N) is 1. The molecule has 4 nitrogen and oxygen atoms in total. The first kappa shape index (κ1) is 20.8. The van der Waals surface area contributed by atoms with Gasteiger partial charge in [0.25, 0.3) is 0 Å². The van der Waals surface area contributed by atoms with Gasteiger partial charge < -0.3 is 20.3 Å². The van der Waals surface area contributed by atoms with Crippen LogP contribution in [-0.2, 0) is 6.42 Å². The van der Waals surface area contributed by atoms with Crippen molar-refractivity contribution in [3.63, 3.8) is 0 Å². The van der Waals surface area contributed by atoms with Gasteiger partial charge in [0, 0.05) is 11.6 Å². The van der Waals surface area contributed by atoms with Crippen LogP contribution in [0.25, 0.3) is 0 Å². The molecule has 1 aromatic rings. The Morgan fingerprint density at radius 3 is 2.58 bits per heavy atom. The molecular formula is C20H35NO3. The number of ether oxygens (including phenoxy) is 2. The van der Waals surface area contributed by atoms with E-state index in [1.165, 1.54) is 12.8 Å². The molecule has 1 atom stereocenters. The van der Waals surface area contributed by atoms with E-state index in [9.17, 15) is 5.11 Å². The first-order chi connectivity index (χ1) is 11.4. The quantitative estimate of drug-likeness (QED) is 0.567. The first-order valence-corrected chi connectivity index (χ1v) is 9.13. The predicted octanol–water partition coefficient (Wildman–Crippen LogP) is 3.93. The number of benzene rings is 1. The minimum Gasteiger partial charge on any atom is -0.496 e. The molecule has 0 aliphatic carbocycles. The Morgan fingerprint density at radius 2 is 2.00 bits per heavy atom. The SMILES string of the molecule is CCC(N)(CO)CCc1ccc(OCCCCC(C)C)cc1OC. The fourth-order valence-corrected chi connectivity index (χ4v) is 2.62. The van der Waals surface area contributed by atoms with Crippen molar-refractivity contribution in [2.24, 2.45) is 11.7 Å². The lowest BCUT2D eigenvalue weighted by Crippen LogP contribution is -2.43. The Hall–Kier alpha value is -1.26. The molecule has 0 fully saturated rings. The molecular weight excluding hydrogens is 302 g/mol. The molecule has 1 rings (SSSR count). The number of aliphatic hydroxyl groups excluding tert-OH is 1. The molecule has 1 unspecified atom stereocenters. The van der Waals surface area contributed by atoms with Crippen molar-refractivity contribution in [3.05, 3.63) is 23.8 Å². The number of rotatable bonds is 12. The van der Waals surface area contributed by atoms with Gasteiger partial charge in [-0.25, -0.2) is 0 Å². The highest BCUT2D eigenvalue weighted by Crippen LogP contribution is 2.27. The summed E-state index contributed by atoms with van der Waals surface area (Å²) in [5, 5.41) is 9.43. The maximum absolute atomic E-state index is 9.43. The van der Waals surface area contributed by atoms with Gasteiger partial charge in [0.15, 0.2) is 0 Å². The minimum atomic E-state index is -0.517. The highest BCUT2D eigenvalue weighted by molar-refractivity contribution is 5.41. The number of aliphatic hydroxyl groups is 1. The maximum Gasteiger partial charge on any atom is 0.125 e. The van der Waals surface area contributed by atoms with Gasteiger partial charge in [0.05, 0.1) is 20.3 Å². The molecule has 0 spiro atoms. The van der Waals surface area contributed by atoms with Crippen LogP contribution in [0.4, 0.5) is 0 Å². The Kier molecular flexibility index (Phi) is 9.16. The van der Waals surface area contributed by atoms with E-state index in [-0.39, 0.29) is 6.61 Å². The monoisotopic (exact) mass is 337 g/mol. The van der Waals surface area contributed by atoms with Crippen LogP contribution in [0.5, 0.6) is 11.5 Å². The summed E-state index contributed by atoms with van der Waals surface area (Å²) in [5.74, 6) is 2.42. The van der Waals surface area contributed by atoms with Crippen molar-refractivity contribution in [1.29, 1.82) is 0 Å². The molecule has 0 saturated heterocycles. The summed E-state index contributed by atoms with van der Waals surface area (Å²) >= 11 is 0. The van der Waals surface area contributed by atoms with Gasteiger partial charge in [-0.2, -0.15) is 0 Å². The molecule has 4 heteroatoms. The van der Waals surface area contributed by atoms with Crippen LogP contribution in [-0.4, -0.2) is 31.0 Å². The Labute approximate surface area is 147 Å². The molecule has 138 valence electrons. The van der Waals surface area contributed by atoms with E-state index in [1.807, 2.05) is 25.1 Å². The van der Waals surface area contributed by atoms with E-state index in [1.54, 1.807) is 7.11 Å². The third-order valence-corrected chi connectivity index (χ3v) is 4.61. The van der Waals surface area contributed by atoms with Gasteiger partial charge >= 0.3 is 0 Å². The standard InChI is InChI=1S/C20H35NO3/c1-5-20(21,15-22)12-11-17-9-10-18(14-19(17)23-4)24-13-7-6-8-16(2)3/h9-10,14,16,22H,5-8,11-13,15,21H2,1-4H3. The van der Waals surface area contributed by atoms with Crippen LogP contribution in [0.2, 0.25) is 0 Å². The summed E-state index contributed by atoms with van der Waals surface area (Å²) in [5.41, 5.74) is 6.75. The minimum absolute atomic E-state index is 0.00336. The lowest BCUT2D eigenvalue weighted by molar-refractivity contribution is 0.182. The highest BCUT2D eigenvalue weighted by Gasteiger charge is 2.22. The van der Waals surface area contributed by atoms with E-state index in [2.05, 4.69) is 13.8 Å². The predicted molar refractivity (Wildman–Crippen MR) is 99.8 cm³/mol. The van der Waals surface area contributed by atoms with Crippen LogP contribution in [0, 0.1) is 5.92 Å². The third-order valence-electron chi connectivity index (χ3n) is 4.61. The van der Waals surface area contributed by atoms with Crippen molar-refractivity contribution in [2.75, 3.05) is 20.3 Å². The van der Waals surface area contributed by atoms with Crippen molar-refractivity contribution in [2.45, 2.75) is 64.8 Å². The molecule has 0 aliphatic heterocycles. The zero-order valence-electron chi connectivity index (χ0n) is 15.8. The van der Waals surface area contributed by atoms with Crippen molar-refractivity contribution in [1.82, 2.24) is 0 Å². The number of aryl methyl sites for hydroxylation is 1. The molecule has 0 amide bonds. The first-order valence-electron chi connectivity index (χ1n) is 9.13. The van der Waals surface area contributed by atoms with Crippen LogP contribution in [0.15, 0.2) is 18.2 Å². The lowest BCUT2D eigenvalue weighted by Gasteiger charge is -2.25. The summed E-state index contributed by atoms with van der Waals surface area (Å²) < 4.78 is 11.3. The molecule has 0 aromatic heterocycles. The topological polar surface area (TPSA) is 64.7 Å². The molecule has 24 heavy (non-hydrogen) atoms. The number of hydrogen-bond acceptors (Lipinski definition) is 4. The number of unbranched alkanes of at least 4 members (excludes halogenated alkanes) is 1. The fourth-order valence-electron chi connectivity index (χ4n) is 2.62. The summed E-state index contributed by atoms with van der Waals surface area (Å²) in [7, 11) is 1.67. The van der Waals surface area contributed by atoms with Gasteiger partial charge in [-0.05, 0) is 49.7 Å². The average molecular weight is 338 g/mol. The zero-order chi connectivity index (χ0) is 18.0. The zero-order valence-corrected chi connectivity index (χ0v) is 15.8. The smallest absolute Gasteiger partial charge is 0.125 e. The van der Waals surface area contributed by atoms with Crippen LogP contribution >= 0.6 is 0 Å². The van der Waals surface area contributed by atoms with Gasteiger partial charge in [-0.3, -0.25) is 0 Å². The second-order valence-electron chi connectivity index (χ2n) is 7.09. The Morgan fingerprint density at radius 1 is 1.25 bits per heavy atom. The van der Waals surface area contributed by atoms with Gasteiger partial charge in [0.1, 0.15) is 11.5 Å². The van der Waals surface area contributed by atoms with Crippen molar-refractivity contribution >= 4 is 0 Å². The van der Waals surface area contributed by atoms with Crippen molar-refractivity contribution < 1.29 is 14.6 Å². The summed E-state index contributed by atoms with van der Waals surface area (Å²) in [6.45, 7) is 7.24. The Bertz CT molecular complexity index is 470. The molecule has 0 radical (unpaired) electrons. The van der Waals surface area contributed by atoms with Crippen molar-refractivity contribution in [3.8, 4) is 11.5 Å². The van der Waals surface area contributed by atoms with Crippen LogP contribution in [0.1, 0.15) is 58.4 Å². The Balaban J connectivity index is 2.55. The molecule has 0 aliphatic rings. The summed E-state index contributed by atoms with van der Waals surface area (Å²) in [4.78, 5) is 0. The van der Waals surface area contributed by atoms with E-state index < -0.39 is 5.54 Å². The number of hydrogen-bond donors (Lipinski definition) is 2. The molecule has 0 saturated carbocycles. The second-order valence-corrected chi connectivity index (χ2v) is 7.09. The van der Waals surface area contributed by atoms with E-state index in [0.29, 0.717) is 0 Å². The molecule has 0 bridgehead atoms. The van der Waals surface area contributed by atoms with Gasteiger partial charge in [-0.15, -0.1) is 0 Å². The molecule has 1 aromatic carbocycles. The van der Waals surface area contributed by atoms with Crippen LogP contribution < -0.4 is 15.2 Å². The highest BCUT2D eigenvalue weighted by atomic mass is 16.5. The maximum atomic E-state index is 9.43. The average Bonchev–Trinajstić information content (AvgIpc) is 2.59. The molecule has 3 N–H and O–H groups in total.